The van der Waals surface area contributed by atoms with E-state index >= 15 is 0 Å². The van der Waals surface area contributed by atoms with E-state index < -0.39 is 10.0 Å². The lowest BCUT2D eigenvalue weighted by Gasteiger charge is -2.24. The Hall–Kier alpha value is -4.27. The van der Waals surface area contributed by atoms with E-state index in [1.165, 1.54) is 0 Å². The molecule has 0 saturated heterocycles. The van der Waals surface area contributed by atoms with E-state index in [0.29, 0.717) is 43.2 Å². The molecular weight excluding hydrogens is 524 g/mol. The fourth-order valence-electron chi connectivity index (χ4n) is 4.33. The number of nitrogens with zero attached hydrogens (tertiary/aromatic N) is 1. The van der Waals surface area contributed by atoms with Gasteiger partial charge in [-0.05, 0) is 59.7 Å². The summed E-state index contributed by atoms with van der Waals surface area (Å²) in [5.41, 5.74) is 3.22. The molecule has 0 saturated carbocycles. The summed E-state index contributed by atoms with van der Waals surface area (Å²) < 4.78 is 45.5. The van der Waals surface area contributed by atoms with Crippen molar-refractivity contribution in [2.45, 2.75) is 18.0 Å². The highest BCUT2D eigenvalue weighted by atomic mass is 32.2. The van der Waals surface area contributed by atoms with Gasteiger partial charge >= 0.3 is 0 Å². The predicted octanol–water partition coefficient (Wildman–Crippen LogP) is 6.23. The molecule has 0 aliphatic rings. The van der Waals surface area contributed by atoms with Crippen molar-refractivity contribution >= 4 is 21.8 Å². The van der Waals surface area contributed by atoms with Crippen LogP contribution in [0.15, 0.2) is 109 Å². The molecule has 0 spiro atoms. The molecule has 40 heavy (non-hydrogen) atoms. The first-order valence-electron chi connectivity index (χ1n) is 12.9. The van der Waals surface area contributed by atoms with Crippen LogP contribution in [-0.4, -0.2) is 40.7 Å². The summed E-state index contributed by atoms with van der Waals surface area (Å²) in [7, 11) is -0.442. The summed E-state index contributed by atoms with van der Waals surface area (Å²) in [6.07, 6.45) is 1.60. The molecule has 0 fully saturated rings. The van der Waals surface area contributed by atoms with Crippen LogP contribution in [0.3, 0.4) is 0 Å². The number of ether oxygens (including phenoxy) is 3. The minimum Gasteiger partial charge on any atom is -0.497 e. The van der Waals surface area contributed by atoms with Crippen LogP contribution in [0.5, 0.6) is 17.2 Å². The molecule has 7 nitrogen and oxygen atoms in total. The van der Waals surface area contributed by atoms with Gasteiger partial charge in [0.1, 0.15) is 23.9 Å². The maximum atomic E-state index is 12.9. The van der Waals surface area contributed by atoms with Crippen LogP contribution in [-0.2, 0) is 23.1 Å². The Kier molecular flexibility index (Phi) is 9.83. The molecule has 4 aromatic carbocycles. The third-order valence-electron chi connectivity index (χ3n) is 6.31. The molecule has 0 aromatic heterocycles. The number of hydrogen-bond donors (Lipinski definition) is 1. The van der Waals surface area contributed by atoms with Crippen LogP contribution in [0.4, 0.5) is 5.69 Å². The normalized spacial score (nSPS) is 11.2. The van der Waals surface area contributed by atoms with Gasteiger partial charge in [0, 0.05) is 25.2 Å². The lowest BCUT2D eigenvalue weighted by atomic mass is 10.1. The van der Waals surface area contributed by atoms with Crippen molar-refractivity contribution in [3.05, 3.63) is 120 Å². The van der Waals surface area contributed by atoms with Gasteiger partial charge in [-0.25, -0.2) is 8.42 Å². The second-order valence-electron chi connectivity index (χ2n) is 9.10. The standard InChI is InChI=1S/C32H34N2O5S/c1-4-30-31(33-40(35,36)29-15-6-5-7-16-29)17-10-18-32(30)39-20-19-34(23-25-11-8-13-27(21-25)37-2)24-26-12-9-14-28(22-26)38-3/h4-18,21-22,33H,1,19-20,23-24H2,2-3H3. The van der Waals surface area contributed by atoms with Crippen molar-refractivity contribution < 1.29 is 22.6 Å². The highest BCUT2D eigenvalue weighted by Gasteiger charge is 2.17. The average molecular weight is 559 g/mol. The summed E-state index contributed by atoms with van der Waals surface area (Å²) >= 11 is 0. The van der Waals surface area contributed by atoms with Crippen molar-refractivity contribution in [3.63, 3.8) is 0 Å². The molecule has 0 radical (unpaired) electrons. The summed E-state index contributed by atoms with van der Waals surface area (Å²) in [5.74, 6) is 2.16. The van der Waals surface area contributed by atoms with E-state index in [1.807, 2.05) is 42.5 Å². The number of hydrogen-bond acceptors (Lipinski definition) is 6. The van der Waals surface area contributed by atoms with E-state index in [9.17, 15) is 8.42 Å². The Morgan fingerprint density at radius 3 is 1.98 bits per heavy atom. The van der Waals surface area contributed by atoms with Crippen molar-refractivity contribution in [2.75, 3.05) is 32.1 Å². The van der Waals surface area contributed by atoms with Crippen LogP contribution in [0.25, 0.3) is 6.08 Å². The zero-order valence-corrected chi connectivity index (χ0v) is 23.6. The molecule has 0 bridgehead atoms. The van der Waals surface area contributed by atoms with Gasteiger partial charge in [-0.3, -0.25) is 9.62 Å². The van der Waals surface area contributed by atoms with Gasteiger partial charge in [0.2, 0.25) is 0 Å². The second-order valence-corrected chi connectivity index (χ2v) is 10.8. The van der Waals surface area contributed by atoms with Crippen molar-refractivity contribution in [1.29, 1.82) is 0 Å². The monoisotopic (exact) mass is 558 g/mol. The molecule has 4 aromatic rings. The van der Waals surface area contributed by atoms with Crippen LogP contribution < -0.4 is 18.9 Å². The van der Waals surface area contributed by atoms with Crippen LogP contribution in [0.2, 0.25) is 0 Å². The molecule has 4 rings (SSSR count). The summed E-state index contributed by atoms with van der Waals surface area (Å²) in [6, 6.07) is 29.5. The largest absolute Gasteiger partial charge is 0.497 e. The maximum Gasteiger partial charge on any atom is 0.261 e. The lowest BCUT2D eigenvalue weighted by Crippen LogP contribution is -2.28. The zero-order valence-electron chi connectivity index (χ0n) is 22.7. The Labute approximate surface area is 236 Å². The molecule has 8 heteroatoms. The number of rotatable bonds is 14. The number of methoxy groups -OCH3 is 2. The van der Waals surface area contributed by atoms with Crippen LogP contribution >= 0.6 is 0 Å². The lowest BCUT2D eigenvalue weighted by molar-refractivity contribution is 0.196. The zero-order chi connectivity index (χ0) is 28.4. The van der Waals surface area contributed by atoms with E-state index in [-0.39, 0.29) is 4.90 Å². The van der Waals surface area contributed by atoms with E-state index in [1.54, 1.807) is 62.8 Å². The number of anilines is 1. The Balaban J connectivity index is 1.49. The van der Waals surface area contributed by atoms with Crippen LogP contribution in [0.1, 0.15) is 16.7 Å². The topological polar surface area (TPSA) is 77.1 Å². The summed E-state index contributed by atoms with van der Waals surface area (Å²) in [5, 5.41) is 0. The van der Waals surface area contributed by atoms with Gasteiger partial charge < -0.3 is 14.2 Å². The molecule has 1 N–H and O–H groups in total. The van der Waals surface area contributed by atoms with Crippen molar-refractivity contribution in [2.24, 2.45) is 0 Å². The number of sulfonamides is 1. The fraction of sp³-hybridized carbons (Fsp3) is 0.188. The second kappa shape index (κ2) is 13.7. The van der Waals surface area contributed by atoms with E-state index in [0.717, 1.165) is 22.6 Å². The van der Waals surface area contributed by atoms with Gasteiger partial charge in [-0.15, -0.1) is 0 Å². The molecule has 0 unspecified atom stereocenters. The first kappa shape index (κ1) is 28.7. The molecule has 0 atom stereocenters. The van der Waals surface area contributed by atoms with Crippen molar-refractivity contribution in [1.82, 2.24) is 4.90 Å². The molecule has 0 aliphatic carbocycles. The molecule has 0 aliphatic heterocycles. The van der Waals surface area contributed by atoms with E-state index in [2.05, 4.69) is 28.3 Å². The van der Waals surface area contributed by atoms with E-state index in [4.69, 9.17) is 14.2 Å². The molecule has 0 amide bonds. The highest BCUT2D eigenvalue weighted by Crippen LogP contribution is 2.30. The van der Waals surface area contributed by atoms with Crippen molar-refractivity contribution in [3.8, 4) is 17.2 Å². The average Bonchev–Trinajstić information content (AvgIpc) is 2.97. The summed E-state index contributed by atoms with van der Waals surface area (Å²) in [4.78, 5) is 2.46. The first-order chi connectivity index (χ1) is 19.4. The third kappa shape index (κ3) is 7.65. The highest BCUT2D eigenvalue weighted by molar-refractivity contribution is 7.92. The number of benzene rings is 4. The molecule has 0 heterocycles. The smallest absolute Gasteiger partial charge is 0.261 e. The van der Waals surface area contributed by atoms with Gasteiger partial charge in [0.15, 0.2) is 0 Å². The third-order valence-corrected chi connectivity index (χ3v) is 7.70. The van der Waals surface area contributed by atoms with Gasteiger partial charge in [0.25, 0.3) is 10.0 Å². The van der Waals surface area contributed by atoms with Gasteiger partial charge in [-0.2, -0.15) is 0 Å². The van der Waals surface area contributed by atoms with Gasteiger partial charge in [0.05, 0.1) is 24.8 Å². The predicted molar refractivity (Wildman–Crippen MR) is 159 cm³/mol. The summed E-state index contributed by atoms with van der Waals surface area (Å²) in [6.45, 7) is 6.26. The van der Waals surface area contributed by atoms with Gasteiger partial charge in [-0.1, -0.05) is 61.2 Å². The number of nitrogens with one attached hydrogen (secondary N) is 1. The quantitative estimate of drug-likeness (QED) is 0.198. The Bertz CT molecular complexity index is 1470. The minimum absolute atomic E-state index is 0.182. The van der Waals surface area contributed by atoms with Crippen LogP contribution in [0, 0.1) is 0 Å². The Morgan fingerprint density at radius 1 is 0.800 bits per heavy atom. The first-order valence-corrected chi connectivity index (χ1v) is 14.3. The molecular formula is C32H34N2O5S. The fourth-order valence-corrected chi connectivity index (χ4v) is 5.43. The SMILES string of the molecule is C=Cc1c(NS(=O)(=O)c2ccccc2)cccc1OCCN(Cc1cccc(OC)c1)Cc1cccc(OC)c1. The minimum atomic E-state index is -3.76. The molecule has 208 valence electrons. The Morgan fingerprint density at radius 2 is 1.40 bits per heavy atom. The maximum absolute atomic E-state index is 12.9.